The number of nitrogens with zero attached hydrogens (tertiary/aromatic N) is 1. The summed E-state index contributed by atoms with van der Waals surface area (Å²) in [5.74, 6) is 2.04. The number of amides is 1. The first-order valence-electron chi connectivity index (χ1n) is 9.55. The van der Waals surface area contributed by atoms with E-state index < -0.39 is 0 Å². The van der Waals surface area contributed by atoms with Crippen molar-refractivity contribution >= 4 is 11.9 Å². The number of methoxy groups -OCH3 is 3. The molecule has 0 radical (unpaired) electrons. The van der Waals surface area contributed by atoms with Crippen LogP contribution >= 0.6 is 0 Å². The molecular formula is C22H25NO5. The quantitative estimate of drug-likeness (QED) is 0.677. The van der Waals surface area contributed by atoms with E-state index in [2.05, 4.69) is 0 Å². The van der Waals surface area contributed by atoms with Gasteiger partial charge in [-0.1, -0.05) is 23.8 Å². The monoisotopic (exact) mass is 383 g/mol. The molecule has 0 bridgehead atoms. The van der Waals surface area contributed by atoms with E-state index in [9.17, 15) is 9.59 Å². The van der Waals surface area contributed by atoms with E-state index in [1.165, 1.54) is 12.7 Å². The SMILES string of the molecule is COC(=O)CC(CC1=CC(OC)=C(OC)C2CC12)N1Cc2ccccc2C1=O. The molecule has 1 heterocycles. The van der Waals surface area contributed by atoms with Gasteiger partial charge in [0.05, 0.1) is 27.8 Å². The number of rotatable bonds is 7. The molecule has 3 unspecified atom stereocenters. The zero-order chi connectivity index (χ0) is 19.8. The fraction of sp³-hybridized carbons (Fsp3) is 0.455. The van der Waals surface area contributed by atoms with Crippen LogP contribution < -0.4 is 0 Å². The number of ether oxygens (including phenoxy) is 3. The molecule has 1 saturated carbocycles. The van der Waals surface area contributed by atoms with Crippen molar-refractivity contribution in [3.8, 4) is 0 Å². The number of esters is 1. The molecule has 28 heavy (non-hydrogen) atoms. The predicted octanol–water partition coefficient (Wildman–Crippen LogP) is 3.04. The normalized spacial score (nSPS) is 23.6. The lowest BCUT2D eigenvalue weighted by Crippen LogP contribution is -2.38. The lowest BCUT2D eigenvalue weighted by atomic mass is 9.93. The molecule has 0 saturated heterocycles. The summed E-state index contributed by atoms with van der Waals surface area (Å²) in [5.41, 5.74) is 2.93. The molecule has 1 aliphatic heterocycles. The Bertz CT molecular complexity index is 871. The van der Waals surface area contributed by atoms with E-state index in [1.54, 1.807) is 14.2 Å². The lowest BCUT2D eigenvalue weighted by Gasteiger charge is -2.29. The molecule has 6 heteroatoms. The molecule has 2 aliphatic carbocycles. The molecular weight excluding hydrogens is 358 g/mol. The summed E-state index contributed by atoms with van der Waals surface area (Å²) in [7, 11) is 4.69. The van der Waals surface area contributed by atoms with Gasteiger partial charge in [-0.3, -0.25) is 9.59 Å². The third kappa shape index (κ3) is 3.17. The molecule has 0 aromatic heterocycles. The van der Waals surface area contributed by atoms with E-state index in [0.717, 1.165) is 29.1 Å². The first-order chi connectivity index (χ1) is 13.6. The Kier molecular flexibility index (Phi) is 4.87. The summed E-state index contributed by atoms with van der Waals surface area (Å²) in [6.45, 7) is 0.522. The van der Waals surface area contributed by atoms with Gasteiger partial charge in [-0.25, -0.2) is 0 Å². The summed E-state index contributed by atoms with van der Waals surface area (Å²) in [6, 6.07) is 7.37. The van der Waals surface area contributed by atoms with Gasteiger partial charge in [-0.05, 0) is 36.5 Å². The molecule has 0 spiro atoms. The average molecular weight is 383 g/mol. The second-order valence-corrected chi connectivity index (χ2v) is 7.53. The topological polar surface area (TPSA) is 65.1 Å². The summed E-state index contributed by atoms with van der Waals surface area (Å²) in [5, 5.41) is 0. The number of allylic oxidation sites excluding steroid dienone is 2. The molecule has 148 valence electrons. The van der Waals surface area contributed by atoms with Gasteiger partial charge in [0.2, 0.25) is 0 Å². The van der Waals surface area contributed by atoms with Crippen molar-refractivity contribution in [1.82, 2.24) is 4.90 Å². The number of carbonyl (C=O) groups is 2. The maximum absolute atomic E-state index is 13.0. The van der Waals surface area contributed by atoms with Crippen molar-refractivity contribution in [2.24, 2.45) is 11.8 Å². The van der Waals surface area contributed by atoms with Gasteiger partial charge in [-0.15, -0.1) is 0 Å². The smallest absolute Gasteiger partial charge is 0.307 e. The number of carbonyl (C=O) groups excluding carboxylic acids is 2. The Labute approximate surface area is 164 Å². The van der Waals surface area contributed by atoms with Crippen LogP contribution in [0.15, 0.2) is 47.4 Å². The third-order valence-corrected chi connectivity index (χ3v) is 5.99. The highest BCUT2D eigenvalue weighted by atomic mass is 16.5. The minimum Gasteiger partial charge on any atom is -0.497 e. The third-order valence-electron chi connectivity index (χ3n) is 5.99. The Morgan fingerprint density at radius 1 is 1.18 bits per heavy atom. The second kappa shape index (κ2) is 7.34. The summed E-state index contributed by atoms with van der Waals surface area (Å²) in [6.07, 6.45) is 3.83. The van der Waals surface area contributed by atoms with Crippen molar-refractivity contribution in [1.29, 1.82) is 0 Å². The van der Waals surface area contributed by atoms with E-state index in [-0.39, 0.29) is 24.3 Å². The molecule has 4 rings (SSSR count). The van der Waals surface area contributed by atoms with Gasteiger partial charge in [0, 0.05) is 24.1 Å². The highest BCUT2D eigenvalue weighted by Gasteiger charge is 2.48. The Morgan fingerprint density at radius 3 is 2.64 bits per heavy atom. The van der Waals surface area contributed by atoms with Crippen LogP contribution in [0.5, 0.6) is 0 Å². The van der Waals surface area contributed by atoms with Gasteiger partial charge >= 0.3 is 5.97 Å². The van der Waals surface area contributed by atoms with E-state index in [1.807, 2.05) is 35.2 Å². The Hall–Kier alpha value is -2.76. The van der Waals surface area contributed by atoms with Crippen molar-refractivity contribution in [2.75, 3.05) is 21.3 Å². The van der Waals surface area contributed by atoms with Gasteiger partial charge in [-0.2, -0.15) is 0 Å². The minimum atomic E-state index is -0.308. The Balaban J connectivity index is 1.60. The molecule has 1 amide bonds. The molecule has 3 aliphatic rings. The zero-order valence-electron chi connectivity index (χ0n) is 16.4. The average Bonchev–Trinajstić information content (AvgIpc) is 3.45. The van der Waals surface area contributed by atoms with E-state index >= 15 is 0 Å². The van der Waals surface area contributed by atoms with Gasteiger partial charge in [0.25, 0.3) is 5.91 Å². The standard InChI is InChI=1S/C22H25NO5/c1-26-19-9-14(17-11-18(17)21(19)28-3)8-15(10-20(24)27-2)23-12-13-6-4-5-7-16(13)22(23)25/h4-7,9,15,17-18H,8,10-12H2,1-3H3. The first kappa shape index (κ1) is 18.6. The Morgan fingerprint density at radius 2 is 1.96 bits per heavy atom. The number of fused-ring (bicyclic) bond motifs is 2. The fourth-order valence-electron chi connectivity index (χ4n) is 4.46. The van der Waals surface area contributed by atoms with Crippen molar-refractivity contribution in [3.05, 3.63) is 58.6 Å². The van der Waals surface area contributed by atoms with Crippen LogP contribution in [0.4, 0.5) is 0 Å². The maximum atomic E-state index is 13.0. The number of hydrogen-bond donors (Lipinski definition) is 0. The number of benzene rings is 1. The van der Waals surface area contributed by atoms with Gasteiger partial charge < -0.3 is 19.1 Å². The van der Waals surface area contributed by atoms with Crippen molar-refractivity contribution in [3.63, 3.8) is 0 Å². The second-order valence-electron chi connectivity index (χ2n) is 7.53. The number of hydrogen-bond acceptors (Lipinski definition) is 5. The summed E-state index contributed by atoms with van der Waals surface area (Å²) >= 11 is 0. The first-order valence-corrected chi connectivity index (χ1v) is 9.55. The van der Waals surface area contributed by atoms with Crippen LogP contribution in [-0.2, 0) is 25.5 Å². The van der Waals surface area contributed by atoms with Crippen LogP contribution in [0.25, 0.3) is 0 Å². The largest absolute Gasteiger partial charge is 0.497 e. The highest BCUT2D eigenvalue weighted by molar-refractivity contribution is 5.98. The molecule has 1 aromatic carbocycles. The summed E-state index contributed by atoms with van der Waals surface area (Å²) < 4.78 is 15.9. The minimum absolute atomic E-state index is 0.0200. The van der Waals surface area contributed by atoms with Crippen LogP contribution in [-0.4, -0.2) is 44.1 Å². The van der Waals surface area contributed by atoms with Gasteiger partial charge in [0.1, 0.15) is 5.76 Å². The van der Waals surface area contributed by atoms with Crippen LogP contribution in [0.3, 0.4) is 0 Å². The van der Waals surface area contributed by atoms with Crippen molar-refractivity contribution < 1.29 is 23.8 Å². The highest BCUT2D eigenvalue weighted by Crippen LogP contribution is 2.54. The molecule has 0 N–H and O–H groups in total. The molecule has 3 atom stereocenters. The molecule has 1 aromatic rings. The maximum Gasteiger partial charge on any atom is 0.307 e. The van der Waals surface area contributed by atoms with Gasteiger partial charge in [0.15, 0.2) is 5.76 Å². The van der Waals surface area contributed by atoms with Crippen LogP contribution in [0.1, 0.15) is 35.2 Å². The summed E-state index contributed by atoms with van der Waals surface area (Å²) in [4.78, 5) is 26.8. The van der Waals surface area contributed by atoms with Crippen molar-refractivity contribution in [2.45, 2.75) is 31.8 Å². The van der Waals surface area contributed by atoms with E-state index in [4.69, 9.17) is 14.2 Å². The van der Waals surface area contributed by atoms with E-state index in [0.29, 0.717) is 24.8 Å². The lowest BCUT2D eigenvalue weighted by molar-refractivity contribution is -0.141. The molecule has 6 nitrogen and oxygen atoms in total. The predicted molar refractivity (Wildman–Crippen MR) is 102 cm³/mol. The zero-order valence-corrected chi connectivity index (χ0v) is 16.4. The fourth-order valence-corrected chi connectivity index (χ4v) is 4.46. The molecule has 1 fully saturated rings. The van der Waals surface area contributed by atoms with Crippen LogP contribution in [0.2, 0.25) is 0 Å². The van der Waals surface area contributed by atoms with Crippen LogP contribution in [0, 0.1) is 11.8 Å².